The molecule has 4 heteroatoms. The summed E-state index contributed by atoms with van der Waals surface area (Å²) in [5.74, 6) is 0.944. The van der Waals surface area contributed by atoms with Gasteiger partial charge in [-0.15, -0.1) is 0 Å². The van der Waals surface area contributed by atoms with Crippen LogP contribution in [-0.4, -0.2) is 18.3 Å². The Labute approximate surface area is 153 Å². The molecule has 26 heavy (non-hydrogen) atoms. The molecule has 1 aromatic heterocycles. The number of para-hydroxylation sites is 1. The summed E-state index contributed by atoms with van der Waals surface area (Å²) in [5.41, 5.74) is 5.53. The fraction of sp³-hybridized carbons (Fsp3) is 0.182. The van der Waals surface area contributed by atoms with Crippen molar-refractivity contribution in [1.82, 2.24) is 5.32 Å². The third-order valence-corrected chi connectivity index (χ3v) is 4.57. The van der Waals surface area contributed by atoms with Crippen molar-refractivity contribution in [2.24, 2.45) is 0 Å². The number of nitrogens with zero attached hydrogens (tertiary/aromatic N) is 1. The number of furan rings is 1. The highest BCUT2D eigenvalue weighted by atomic mass is 16.3. The molecule has 0 unspecified atom stereocenters. The first-order chi connectivity index (χ1) is 12.9. The number of fused-ring (bicyclic) bond motifs is 1. The molecule has 0 amide bonds. The number of rotatable bonds is 6. The second-order valence-corrected chi connectivity index (χ2v) is 6.27. The summed E-state index contributed by atoms with van der Waals surface area (Å²) in [6, 6.07) is 22.8. The number of benzene rings is 2. The molecular weight excluding hydrogens is 324 g/mol. The number of aliphatic hydroxyl groups is 1. The Hall–Kier alpha value is -2.98. The van der Waals surface area contributed by atoms with Crippen LogP contribution in [0, 0.1) is 0 Å². The molecule has 1 aliphatic rings. The van der Waals surface area contributed by atoms with Gasteiger partial charge < -0.3 is 19.7 Å². The highest BCUT2D eigenvalue weighted by molar-refractivity contribution is 5.98. The average Bonchev–Trinajstić information content (AvgIpc) is 3.17. The van der Waals surface area contributed by atoms with Crippen LogP contribution in [0.1, 0.15) is 23.3 Å². The van der Waals surface area contributed by atoms with E-state index in [-0.39, 0.29) is 6.61 Å². The first-order valence-electron chi connectivity index (χ1n) is 8.92. The maximum atomic E-state index is 9.18. The van der Waals surface area contributed by atoms with Crippen molar-refractivity contribution >= 4 is 17.1 Å². The SMILES string of the molecule is OCCCNC1=C(c2ccccc2)N(c2ccccc2)Cc2occc21. The summed E-state index contributed by atoms with van der Waals surface area (Å²) in [7, 11) is 0. The van der Waals surface area contributed by atoms with E-state index in [4.69, 9.17) is 4.42 Å². The fourth-order valence-corrected chi connectivity index (χ4v) is 3.37. The van der Waals surface area contributed by atoms with Crippen LogP contribution in [0.5, 0.6) is 0 Å². The molecular formula is C22H22N2O2. The lowest BCUT2D eigenvalue weighted by Gasteiger charge is -2.34. The third-order valence-electron chi connectivity index (χ3n) is 4.57. The Morgan fingerprint density at radius 1 is 0.962 bits per heavy atom. The molecule has 0 aliphatic carbocycles. The lowest BCUT2D eigenvalue weighted by Crippen LogP contribution is -2.30. The molecule has 1 aliphatic heterocycles. The van der Waals surface area contributed by atoms with Crippen molar-refractivity contribution in [1.29, 1.82) is 0 Å². The van der Waals surface area contributed by atoms with Crippen LogP contribution in [0.15, 0.2) is 77.4 Å². The van der Waals surface area contributed by atoms with Crippen molar-refractivity contribution in [2.45, 2.75) is 13.0 Å². The maximum absolute atomic E-state index is 9.18. The van der Waals surface area contributed by atoms with E-state index in [1.54, 1.807) is 6.26 Å². The van der Waals surface area contributed by atoms with E-state index in [9.17, 15) is 5.11 Å². The molecule has 0 bridgehead atoms. The summed E-state index contributed by atoms with van der Waals surface area (Å²) in [6.45, 7) is 1.55. The Bertz CT molecular complexity index is 885. The maximum Gasteiger partial charge on any atom is 0.132 e. The summed E-state index contributed by atoms with van der Waals surface area (Å²) in [4.78, 5) is 2.28. The number of anilines is 1. The van der Waals surface area contributed by atoms with Gasteiger partial charge in [0.05, 0.1) is 24.2 Å². The zero-order valence-corrected chi connectivity index (χ0v) is 14.6. The van der Waals surface area contributed by atoms with Crippen LogP contribution < -0.4 is 10.2 Å². The molecule has 4 nitrogen and oxygen atoms in total. The minimum Gasteiger partial charge on any atom is -0.467 e. The molecule has 0 spiro atoms. The molecule has 3 aromatic rings. The minimum absolute atomic E-state index is 0.168. The first-order valence-corrected chi connectivity index (χ1v) is 8.92. The second kappa shape index (κ2) is 7.50. The van der Waals surface area contributed by atoms with Crippen molar-refractivity contribution in [3.05, 3.63) is 89.9 Å². The van der Waals surface area contributed by atoms with Gasteiger partial charge in [-0.25, -0.2) is 0 Å². The van der Waals surface area contributed by atoms with Gasteiger partial charge in [0.2, 0.25) is 0 Å². The topological polar surface area (TPSA) is 48.6 Å². The lowest BCUT2D eigenvalue weighted by molar-refractivity contribution is 0.288. The van der Waals surface area contributed by atoms with Gasteiger partial charge in [0.15, 0.2) is 0 Å². The van der Waals surface area contributed by atoms with Gasteiger partial charge in [-0.05, 0) is 24.6 Å². The van der Waals surface area contributed by atoms with Crippen LogP contribution in [0.4, 0.5) is 5.69 Å². The van der Waals surface area contributed by atoms with E-state index in [1.807, 2.05) is 18.2 Å². The molecule has 4 rings (SSSR count). The molecule has 0 fully saturated rings. The van der Waals surface area contributed by atoms with E-state index in [2.05, 4.69) is 58.7 Å². The molecule has 2 aromatic carbocycles. The largest absolute Gasteiger partial charge is 0.467 e. The van der Waals surface area contributed by atoms with Gasteiger partial charge in [0.25, 0.3) is 0 Å². The molecule has 2 N–H and O–H groups in total. The summed E-state index contributed by atoms with van der Waals surface area (Å²) in [5, 5.41) is 12.7. The van der Waals surface area contributed by atoms with Gasteiger partial charge in [-0.2, -0.15) is 0 Å². The highest BCUT2D eigenvalue weighted by Gasteiger charge is 2.28. The van der Waals surface area contributed by atoms with E-state index in [0.717, 1.165) is 34.0 Å². The number of aliphatic hydroxyl groups excluding tert-OH is 1. The van der Waals surface area contributed by atoms with Gasteiger partial charge in [-0.1, -0.05) is 48.5 Å². The molecule has 0 saturated heterocycles. The highest BCUT2D eigenvalue weighted by Crippen LogP contribution is 2.39. The van der Waals surface area contributed by atoms with Crippen LogP contribution in [0.2, 0.25) is 0 Å². The third kappa shape index (κ3) is 3.11. The monoisotopic (exact) mass is 346 g/mol. The van der Waals surface area contributed by atoms with E-state index in [1.165, 1.54) is 0 Å². The van der Waals surface area contributed by atoms with Crippen molar-refractivity contribution in [3.8, 4) is 0 Å². The Morgan fingerprint density at radius 3 is 2.42 bits per heavy atom. The summed E-state index contributed by atoms with van der Waals surface area (Å²) in [6.07, 6.45) is 2.44. The van der Waals surface area contributed by atoms with E-state index < -0.39 is 0 Å². The first kappa shape index (κ1) is 16.5. The quantitative estimate of drug-likeness (QED) is 0.660. The Balaban J connectivity index is 1.88. The lowest BCUT2D eigenvalue weighted by atomic mass is 9.99. The van der Waals surface area contributed by atoms with E-state index in [0.29, 0.717) is 19.5 Å². The molecule has 132 valence electrons. The number of hydrogen-bond donors (Lipinski definition) is 2. The van der Waals surface area contributed by atoms with Gasteiger partial charge in [-0.3, -0.25) is 0 Å². The smallest absolute Gasteiger partial charge is 0.132 e. The minimum atomic E-state index is 0.168. The van der Waals surface area contributed by atoms with E-state index >= 15 is 0 Å². The Kier molecular flexibility index (Phi) is 4.75. The molecule has 0 saturated carbocycles. The van der Waals surface area contributed by atoms with Crippen LogP contribution in [-0.2, 0) is 6.54 Å². The van der Waals surface area contributed by atoms with Crippen LogP contribution >= 0.6 is 0 Å². The van der Waals surface area contributed by atoms with Gasteiger partial charge in [0.1, 0.15) is 5.76 Å². The second-order valence-electron chi connectivity index (χ2n) is 6.27. The number of nitrogens with one attached hydrogen (secondary N) is 1. The normalized spacial score (nSPS) is 13.7. The zero-order chi connectivity index (χ0) is 17.8. The molecule has 0 radical (unpaired) electrons. The summed E-state index contributed by atoms with van der Waals surface area (Å²) >= 11 is 0. The average molecular weight is 346 g/mol. The Morgan fingerprint density at radius 2 is 1.69 bits per heavy atom. The fourth-order valence-electron chi connectivity index (χ4n) is 3.37. The standard InChI is InChI=1S/C22H22N2O2/c25-14-7-13-23-21-19-12-15-26-20(19)16-24(18-10-5-2-6-11-18)22(21)17-8-3-1-4-9-17/h1-6,8-12,15,23,25H,7,13-14,16H2. The summed E-state index contributed by atoms with van der Waals surface area (Å²) < 4.78 is 5.76. The van der Waals surface area contributed by atoms with Crippen molar-refractivity contribution < 1.29 is 9.52 Å². The molecule has 2 heterocycles. The predicted molar refractivity (Wildman–Crippen MR) is 104 cm³/mol. The van der Waals surface area contributed by atoms with Gasteiger partial charge >= 0.3 is 0 Å². The molecule has 0 atom stereocenters. The van der Waals surface area contributed by atoms with Gasteiger partial charge in [0, 0.05) is 30.0 Å². The van der Waals surface area contributed by atoms with Crippen molar-refractivity contribution in [3.63, 3.8) is 0 Å². The number of hydrogen-bond acceptors (Lipinski definition) is 4. The van der Waals surface area contributed by atoms with Crippen molar-refractivity contribution in [2.75, 3.05) is 18.1 Å². The predicted octanol–water partition coefficient (Wildman–Crippen LogP) is 4.10. The zero-order valence-electron chi connectivity index (χ0n) is 14.6. The van der Waals surface area contributed by atoms with Crippen LogP contribution in [0.3, 0.4) is 0 Å². The van der Waals surface area contributed by atoms with Crippen LogP contribution in [0.25, 0.3) is 11.4 Å².